The maximum absolute atomic E-state index is 5.81. The Hall–Kier alpha value is -0.730. The summed E-state index contributed by atoms with van der Waals surface area (Å²) in [5.41, 5.74) is 2.73. The van der Waals surface area contributed by atoms with Gasteiger partial charge in [-0.1, -0.05) is 12.1 Å². The van der Waals surface area contributed by atoms with E-state index < -0.39 is 0 Å². The number of benzene rings is 1. The highest BCUT2D eigenvalue weighted by molar-refractivity contribution is 6.17. The van der Waals surface area contributed by atoms with Gasteiger partial charge in [-0.25, -0.2) is 0 Å². The average Bonchev–Trinajstić information content (AvgIpc) is 2.33. The van der Waals surface area contributed by atoms with Crippen LogP contribution < -0.4 is 4.90 Å². The number of rotatable bonds is 2. The third-order valence-corrected chi connectivity index (χ3v) is 4.08. The van der Waals surface area contributed by atoms with Crippen LogP contribution in [0.5, 0.6) is 0 Å². The van der Waals surface area contributed by atoms with Gasteiger partial charge in [0.15, 0.2) is 0 Å². The molecule has 0 aromatic heterocycles. The van der Waals surface area contributed by atoms with E-state index in [1.54, 1.807) is 0 Å². The largest absolute Gasteiger partial charge is 0.368 e. The highest BCUT2D eigenvalue weighted by Crippen LogP contribution is 2.24. The van der Waals surface area contributed by atoms with E-state index in [1.807, 2.05) is 0 Å². The second kappa shape index (κ2) is 4.87. The first kappa shape index (κ1) is 12.7. The number of alkyl halides is 1. The average molecular weight is 253 g/mol. The van der Waals surface area contributed by atoms with E-state index in [2.05, 4.69) is 55.0 Å². The number of likely N-dealkylation sites (N-methyl/N-ethyl adjacent to an activating group) is 1. The number of piperazine rings is 1. The first-order chi connectivity index (χ1) is 8.03. The first-order valence-corrected chi connectivity index (χ1v) is 6.67. The van der Waals surface area contributed by atoms with Crippen molar-refractivity contribution in [1.29, 1.82) is 0 Å². The van der Waals surface area contributed by atoms with Crippen LogP contribution in [0.2, 0.25) is 0 Å². The lowest BCUT2D eigenvalue weighted by Crippen LogP contribution is -2.57. The SMILES string of the molecule is CN1CCN(c2ccc(CCl)cc2)CC1(C)C. The van der Waals surface area contributed by atoms with Crippen LogP contribution >= 0.6 is 11.6 Å². The number of nitrogens with zero attached hydrogens (tertiary/aromatic N) is 2. The topological polar surface area (TPSA) is 6.48 Å². The number of anilines is 1. The normalized spacial score (nSPS) is 20.6. The van der Waals surface area contributed by atoms with Gasteiger partial charge in [-0.2, -0.15) is 0 Å². The summed E-state index contributed by atoms with van der Waals surface area (Å²) in [7, 11) is 2.20. The Labute approximate surface area is 109 Å². The van der Waals surface area contributed by atoms with E-state index in [4.69, 9.17) is 11.6 Å². The molecule has 2 rings (SSSR count). The minimum Gasteiger partial charge on any atom is -0.368 e. The van der Waals surface area contributed by atoms with Crippen LogP contribution in [0.15, 0.2) is 24.3 Å². The highest BCUT2D eigenvalue weighted by atomic mass is 35.5. The minimum atomic E-state index is 0.239. The van der Waals surface area contributed by atoms with E-state index in [0.29, 0.717) is 5.88 Å². The van der Waals surface area contributed by atoms with Gasteiger partial charge < -0.3 is 4.90 Å². The zero-order valence-electron chi connectivity index (χ0n) is 10.9. The zero-order chi connectivity index (χ0) is 12.5. The van der Waals surface area contributed by atoms with Crippen molar-refractivity contribution in [3.05, 3.63) is 29.8 Å². The van der Waals surface area contributed by atoms with Crippen molar-refractivity contribution in [2.75, 3.05) is 31.6 Å². The molecule has 0 radical (unpaired) electrons. The van der Waals surface area contributed by atoms with Gasteiger partial charge in [-0.3, -0.25) is 4.90 Å². The molecule has 1 saturated heterocycles. The molecule has 1 aliphatic heterocycles. The molecule has 1 fully saturated rings. The van der Waals surface area contributed by atoms with Gasteiger partial charge in [0.1, 0.15) is 0 Å². The molecule has 0 saturated carbocycles. The number of halogens is 1. The molecule has 1 aliphatic rings. The van der Waals surface area contributed by atoms with Crippen molar-refractivity contribution in [3.63, 3.8) is 0 Å². The van der Waals surface area contributed by atoms with Gasteiger partial charge in [0, 0.05) is 36.7 Å². The quantitative estimate of drug-likeness (QED) is 0.747. The predicted octanol–water partition coefficient (Wildman–Crippen LogP) is 2.96. The minimum absolute atomic E-state index is 0.239. The summed E-state index contributed by atoms with van der Waals surface area (Å²) < 4.78 is 0. The highest BCUT2D eigenvalue weighted by Gasteiger charge is 2.30. The fourth-order valence-corrected chi connectivity index (χ4v) is 2.43. The van der Waals surface area contributed by atoms with Crippen LogP contribution in [0, 0.1) is 0 Å². The van der Waals surface area contributed by atoms with Crippen molar-refractivity contribution in [2.45, 2.75) is 25.3 Å². The molecule has 0 N–H and O–H groups in total. The summed E-state index contributed by atoms with van der Waals surface area (Å²) in [5, 5.41) is 0. The van der Waals surface area contributed by atoms with Crippen LogP contribution in [0.4, 0.5) is 5.69 Å². The van der Waals surface area contributed by atoms with Crippen LogP contribution in [0.25, 0.3) is 0 Å². The summed E-state index contributed by atoms with van der Waals surface area (Å²) >= 11 is 5.81. The number of hydrogen-bond donors (Lipinski definition) is 0. The molecule has 94 valence electrons. The second-order valence-electron chi connectivity index (χ2n) is 5.46. The van der Waals surface area contributed by atoms with Crippen LogP contribution in [0.3, 0.4) is 0 Å². The third kappa shape index (κ3) is 2.75. The summed E-state index contributed by atoms with van der Waals surface area (Å²) in [6.45, 7) is 7.88. The Bertz CT molecular complexity index is 372. The maximum atomic E-state index is 5.81. The molecule has 3 heteroatoms. The number of hydrogen-bond acceptors (Lipinski definition) is 2. The van der Waals surface area contributed by atoms with Crippen molar-refractivity contribution >= 4 is 17.3 Å². The smallest absolute Gasteiger partial charge is 0.0474 e. The molecular weight excluding hydrogens is 232 g/mol. The zero-order valence-corrected chi connectivity index (χ0v) is 11.7. The van der Waals surface area contributed by atoms with Gasteiger partial charge in [0.25, 0.3) is 0 Å². The van der Waals surface area contributed by atoms with Gasteiger partial charge >= 0.3 is 0 Å². The van der Waals surface area contributed by atoms with Crippen molar-refractivity contribution in [2.24, 2.45) is 0 Å². The van der Waals surface area contributed by atoms with Gasteiger partial charge in [0.2, 0.25) is 0 Å². The molecule has 0 aliphatic carbocycles. The van der Waals surface area contributed by atoms with Gasteiger partial charge in [-0.15, -0.1) is 11.6 Å². The molecule has 0 unspecified atom stereocenters. The van der Waals surface area contributed by atoms with E-state index in [0.717, 1.165) is 19.6 Å². The van der Waals surface area contributed by atoms with Crippen LogP contribution in [-0.2, 0) is 5.88 Å². The summed E-state index contributed by atoms with van der Waals surface area (Å²) in [6, 6.07) is 8.60. The lowest BCUT2D eigenvalue weighted by molar-refractivity contribution is 0.139. The Morgan fingerprint density at radius 3 is 2.35 bits per heavy atom. The summed E-state index contributed by atoms with van der Waals surface area (Å²) in [6.07, 6.45) is 0. The van der Waals surface area contributed by atoms with E-state index in [1.165, 1.54) is 11.3 Å². The Kier molecular flexibility index (Phi) is 3.64. The standard InChI is InChI=1S/C14H21ClN2/c1-14(2)11-17(9-8-16(14)3)13-6-4-12(10-15)5-7-13/h4-7H,8-11H2,1-3H3. The van der Waals surface area contributed by atoms with Gasteiger partial charge in [0.05, 0.1) is 0 Å². The summed E-state index contributed by atoms with van der Waals surface area (Å²) in [4.78, 5) is 4.88. The monoisotopic (exact) mass is 252 g/mol. The molecule has 2 nitrogen and oxygen atoms in total. The van der Waals surface area contributed by atoms with Crippen molar-refractivity contribution in [3.8, 4) is 0 Å². The molecule has 0 spiro atoms. The Morgan fingerprint density at radius 1 is 1.18 bits per heavy atom. The second-order valence-corrected chi connectivity index (χ2v) is 5.72. The molecule has 0 atom stereocenters. The lowest BCUT2D eigenvalue weighted by Gasteiger charge is -2.46. The van der Waals surface area contributed by atoms with Crippen LogP contribution in [0.1, 0.15) is 19.4 Å². The molecule has 1 aromatic carbocycles. The fraction of sp³-hybridized carbons (Fsp3) is 0.571. The van der Waals surface area contributed by atoms with E-state index >= 15 is 0 Å². The van der Waals surface area contributed by atoms with Crippen LogP contribution in [-0.4, -0.2) is 37.1 Å². The molecular formula is C14H21ClN2. The Balaban J connectivity index is 2.12. The molecule has 0 amide bonds. The first-order valence-electron chi connectivity index (χ1n) is 6.14. The molecule has 1 aromatic rings. The maximum Gasteiger partial charge on any atom is 0.0474 e. The molecule has 17 heavy (non-hydrogen) atoms. The lowest BCUT2D eigenvalue weighted by atomic mass is 9.99. The van der Waals surface area contributed by atoms with Crippen molar-refractivity contribution < 1.29 is 0 Å². The molecule has 0 bridgehead atoms. The third-order valence-electron chi connectivity index (χ3n) is 3.77. The predicted molar refractivity (Wildman–Crippen MR) is 74.9 cm³/mol. The van der Waals surface area contributed by atoms with E-state index in [-0.39, 0.29) is 5.54 Å². The molecule has 1 heterocycles. The fourth-order valence-electron chi connectivity index (χ4n) is 2.26. The van der Waals surface area contributed by atoms with E-state index in [9.17, 15) is 0 Å². The van der Waals surface area contributed by atoms with Gasteiger partial charge in [-0.05, 0) is 38.6 Å². The summed E-state index contributed by atoms with van der Waals surface area (Å²) in [5.74, 6) is 0.592. The Morgan fingerprint density at radius 2 is 1.82 bits per heavy atom. The van der Waals surface area contributed by atoms with Crippen molar-refractivity contribution in [1.82, 2.24) is 4.90 Å².